The summed E-state index contributed by atoms with van der Waals surface area (Å²) in [6.45, 7) is 9.53. The summed E-state index contributed by atoms with van der Waals surface area (Å²) in [6, 6.07) is -0.0192. The first-order chi connectivity index (χ1) is 8.24. The molecular formula is C13H25NO4. The van der Waals surface area contributed by atoms with Crippen LogP contribution in [0.1, 0.15) is 53.9 Å². The molecule has 0 aliphatic rings. The Morgan fingerprint density at radius 1 is 1.28 bits per heavy atom. The normalized spacial score (nSPS) is 12.7. The van der Waals surface area contributed by atoms with E-state index in [1.54, 1.807) is 6.92 Å². The van der Waals surface area contributed by atoms with Gasteiger partial charge in [-0.15, -0.1) is 0 Å². The van der Waals surface area contributed by atoms with Crippen LogP contribution in [0.25, 0.3) is 0 Å². The van der Waals surface area contributed by atoms with E-state index in [4.69, 9.17) is 9.47 Å². The fourth-order valence-electron chi connectivity index (χ4n) is 1.37. The molecule has 0 saturated carbocycles. The Morgan fingerprint density at radius 3 is 2.39 bits per heavy atom. The van der Waals surface area contributed by atoms with Crippen LogP contribution in [0.15, 0.2) is 0 Å². The highest BCUT2D eigenvalue weighted by Gasteiger charge is 2.17. The summed E-state index contributed by atoms with van der Waals surface area (Å²) in [7, 11) is 0. The zero-order valence-corrected chi connectivity index (χ0v) is 12.0. The van der Waals surface area contributed by atoms with Crippen LogP contribution < -0.4 is 5.32 Å². The number of rotatable bonds is 6. The van der Waals surface area contributed by atoms with E-state index in [1.807, 2.05) is 27.7 Å². The summed E-state index contributed by atoms with van der Waals surface area (Å²) in [5.41, 5.74) is -0.491. The molecule has 0 aliphatic carbocycles. The number of ether oxygens (including phenoxy) is 2. The van der Waals surface area contributed by atoms with Crippen LogP contribution in [0.5, 0.6) is 0 Å². The highest BCUT2D eigenvalue weighted by molar-refractivity contribution is 5.69. The second kappa shape index (κ2) is 7.95. The third kappa shape index (κ3) is 9.93. The average Bonchev–Trinajstić information content (AvgIpc) is 2.14. The van der Waals surface area contributed by atoms with E-state index in [2.05, 4.69) is 5.32 Å². The van der Waals surface area contributed by atoms with Crippen molar-refractivity contribution in [1.82, 2.24) is 5.32 Å². The van der Waals surface area contributed by atoms with Crippen LogP contribution >= 0.6 is 0 Å². The third-order valence-electron chi connectivity index (χ3n) is 2.09. The second-order valence-electron chi connectivity index (χ2n) is 5.24. The Bertz CT molecular complexity index is 271. The number of hydrogen-bond acceptors (Lipinski definition) is 4. The van der Waals surface area contributed by atoms with Crippen molar-refractivity contribution in [3.63, 3.8) is 0 Å². The van der Waals surface area contributed by atoms with Gasteiger partial charge < -0.3 is 14.8 Å². The van der Waals surface area contributed by atoms with Gasteiger partial charge in [0.05, 0.1) is 6.61 Å². The molecule has 0 aromatic carbocycles. The van der Waals surface area contributed by atoms with Crippen molar-refractivity contribution in [3.05, 3.63) is 0 Å². The van der Waals surface area contributed by atoms with Crippen LogP contribution in [0, 0.1) is 0 Å². The lowest BCUT2D eigenvalue weighted by atomic mass is 10.1. The predicted molar refractivity (Wildman–Crippen MR) is 69.3 cm³/mol. The summed E-state index contributed by atoms with van der Waals surface area (Å²) in [6.07, 6.45) is 1.37. The smallest absolute Gasteiger partial charge is 0.407 e. The molecule has 0 radical (unpaired) electrons. The number of esters is 1. The molecule has 0 heterocycles. The number of carbonyl (C=O) groups excluding carboxylic acids is 2. The van der Waals surface area contributed by atoms with E-state index in [1.165, 1.54) is 0 Å². The Morgan fingerprint density at radius 2 is 1.89 bits per heavy atom. The number of amides is 1. The molecule has 0 spiro atoms. The highest BCUT2D eigenvalue weighted by Crippen LogP contribution is 2.08. The maximum atomic E-state index is 11.4. The van der Waals surface area contributed by atoms with E-state index < -0.39 is 11.7 Å². The largest absolute Gasteiger partial charge is 0.466 e. The van der Waals surface area contributed by atoms with E-state index in [0.29, 0.717) is 19.4 Å². The van der Waals surface area contributed by atoms with Crippen molar-refractivity contribution in [3.8, 4) is 0 Å². The zero-order valence-electron chi connectivity index (χ0n) is 12.0. The van der Waals surface area contributed by atoms with E-state index in [9.17, 15) is 9.59 Å². The molecule has 1 unspecified atom stereocenters. The van der Waals surface area contributed by atoms with Crippen LogP contribution in [-0.2, 0) is 14.3 Å². The molecule has 0 fully saturated rings. The molecule has 1 atom stereocenters. The van der Waals surface area contributed by atoms with Gasteiger partial charge in [-0.25, -0.2) is 4.79 Å². The molecule has 0 rings (SSSR count). The van der Waals surface area contributed by atoms with E-state index in [-0.39, 0.29) is 12.0 Å². The van der Waals surface area contributed by atoms with Gasteiger partial charge in [0.15, 0.2) is 0 Å². The Hall–Kier alpha value is -1.26. The summed E-state index contributed by atoms with van der Waals surface area (Å²) in [5.74, 6) is -0.193. The first-order valence-corrected chi connectivity index (χ1v) is 6.39. The van der Waals surface area contributed by atoms with Crippen LogP contribution in [0.4, 0.5) is 4.79 Å². The Labute approximate surface area is 109 Å². The fourth-order valence-corrected chi connectivity index (χ4v) is 1.37. The summed E-state index contributed by atoms with van der Waals surface area (Å²) < 4.78 is 9.95. The molecule has 0 aromatic heterocycles. The molecule has 0 aromatic rings. The van der Waals surface area contributed by atoms with Gasteiger partial charge in [-0.2, -0.15) is 0 Å². The van der Waals surface area contributed by atoms with Gasteiger partial charge in [0.25, 0.3) is 0 Å². The summed E-state index contributed by atoms with van der Waals surface area (Å²) in [4.78, 5) is 22.5. The molecule has 1 N–H and O–H groups in total. The maximum Gasteiger partial charge on any atom is 0.407 e. The minimum Gasteiger partial charge on any atom is -0.466 e. The molecule has 106 valence electrons. The second-order valence-corrected chi connectivity index (χ2v) is 5.24. The maximum absolute atomic E-state index is 11.4. The molecule has 0 bridgehead atoms. The highest BCUT2D eigenvalue weighted by atomic mass is 16.6. The lowest BCUT2D eigenvalue weighted by Crippen LogP contribution is -2.37. The molecule has 0 aliphatic heterocycles. The van der Waals surface area contributed by atoms with Gasteiger partial charge in [0.2, 0.25) is 0 Å². The predicted octanol–water partition coefficient (Wildman–Crippen LogP) is 2.63. The van der Waals surface area contributed by atoms with Gasteiger partial charge in [0, 0.05) is 12.5 Å². The van der Waals surface area contributed by atoms with Crippen LogP contribution in [-0.4, -0.2) is 30.3 Å². The Kier molecular flexibility index (Phi) is 7.39. The van der Waals surface area contributed by atoms with Crippen molar-refractivity contribution >= 4 is 12.1 Å². The number of hydrogen-bond donors (Lipinski definition) is 1. The average molecular weight is 259 g/mol. The van der Waals surface area contributed by atoms with E-state index in [0.717, 1.165) is 6.42 Å². The minimum atomic E-state index is -0.491. The lowest BCUT2D eigenvalue weighted by Gasteiger charge is -2.21. The lowest BCUT2D eigenvalue weighted by molar-refractivity contribution is -0.143. The van der Waals surface area contributed by atoms with E-state index >= 15 is 0 Å². The van der Waals surface area contributed by atoms with Gasteiger partial charge >= 0.3 is 12.1 Å². The summed E-state index contributed by atoms with van der Waals surface area (Å²) in [5, 5.41) is 2.73. The molecule has 5 nitrogen and oxygen atoms in total. The molecule has 0 saturated heterocycles. The van der Waals surface area contributed by atoms with Gasteiger partial charge in [-0.1, -0.05) is 0 Å². The quantitative estimate of drug-likeness (QED) is 0.745. The van der Waals surface area contributed by atoms with Crippen molar-refractivity contribution in [2.75, 3.05) is 6.61 Å². The van der Waals surface area contributed by atoms with Gasteiger partial charge in [0.1, 0.15) is 5.60 Å². The number of alkyl carbamates (subject to hydrolysis) is 1. The number of nitrogens with one attached hydrogen (secondary N) is 1. The molecular weight excluding hydrogens is 234 g/mol. The zero-order chi connectivity index (χ0) is 14.2. The molecule has 1 amide bonds. The van der Waals surface area contributed by atoms with Gasteiger partial charge in [-0.3, -0.25) is 4.79 Å². The molecule has 5 heteroatoms. The summed E-state index contributed by atoms with van der Waals surface area (Å²) >= 11 is 0. The first-order valence-electron chi connectivity index (χ1n) is 6.39. The molecule has 18 heavy (non-hydrogen) atoms. The first kappa shape index (κ1) is 16.7. The van der Waals surface area contributed by atoms with Crippen molar-refractivity contribution in [2.45, 2.75) is 65.5 Å². The standard InChI is InChI=1S/C13H25NO4/c1-6-17-11(15)9-7-8-10(2)14-12(16)18-13(3,4)5/h10H,6-9H2,1-5H3,(H,14,16). The fraction of sp³-hybridized carbons (Fsp3) is 0.846. The number of carbonyl (C=O) groups is 2. The van der Waals surface area contributed by atoms with Gasteiger partial charge in [-0.05, 0) is 47.5 Å². The van der Waals surface area contributed by atoms with Crippen LogP contribution in [0.2, 0.25) is 0 Å². The third-order valence-corrected chi connectivity index (χ3v) is 2.09. The van der Waals surface area contributed by atoms with Crippen molar-refractivity contribution < 1.29 is 19.1 Å². The minimum absolute atomic E-state index is 0.0192. The van der Waals surface area contributed by atoms with Crippen LogP contribution in [0.3, 0.4) is 0 Å². The van der Waals surface area contributed by atoms with Crippen molar-refractivity contribution in [1.29, 1.82) is 0 Å². The topological polar surface area (TPSA) is 64.6 Å². The SMILES string of the molecule is CCOC(=O)CCCC(C)NC(=O)OC(C)(C)C. The van der Waals surface area contributed by atoms with Crippen molar-refractivity contribution in [2.24, 2.45) is 0 Å². The monoisotopic (exact) mass is 259 g/mol. The Balaban J connectivity index is 3.74.